The highest BCUT2D eigenvalue weighted by Gasteiger charge is 2.10. The van der Waals surface area contributed by atoms with Gasteiger partial charge in [0.1, 0.15) is 5.69 Å². The molecule has 0 aromatic carbocycles. The molecule has 0 saturated carbocycles. The number of carboxylic acids is 1. The Morgan fingerprint density at radius 2 is 2.22 bits per heavy atom. The van der Waals surface area contributed by atoms with E-state index in [9.17, 15) is 9.59 Å². The molecule has 0 saturated heterocycles. The van der Waals surface area contributed by atoms with Crippen LogP contribution in [0.1, 0.15) is 23.8 Å². The van der Waals surface area contributed by atoms with Crippen molar-refractivity contribution >= 4 is 17.6 Å². The third-order valence-electron chi connectivity index (χ3n) is 2.36. The summed E-state index contributed by atoms with van der Waals surface area (Å²) in [6.45, 7) is 2.80. The normalized spacial score (nSPS) is 9.89. The zero-order valence-electron chi connectivity index (χ0n) is 10.5. The molecule has 0 bridgehead atoms. The smallest absolute Gasteiger partial charge is 0.354 e. The number of carbonyl (C=O) groups is 2. The van der Waals surface area contributed by atoms with E-state index in [0.717, 1.165) is 6.42 Å². The van der Waals surface area contributed by atoms with Crippen molar-refractivity contribution in [3.05, 3.63) is 24.0 Å². The minimum absolute atomic E-state index is 0.0340. The fraction of sp³-hybridized carbons (Fsp3) is 0.417. The number of likely N-dealkylation sites (N-methyl/N-ethyl adjacent to an activating group) is 1. The van der Waals surface area contributed by atoms with Gasteiger partial charge in [-0.25, -0.2) is 9.78 Å². The van der Waals surface area contributed by atoms with Gasteiger partial charge in [-0.3, -0.25) is 4.79 Å². The molecule has 0 radical (unpaired) electrons. The van der Waals surface area contributed by atoms with Crippen molar-refractivity contribution in [2.75, 3.05) is 25.0 Å². The minimum Gasteiger partial charge on any atom is -0.477 e. The maximum absolute atomic E-state index is 11.5. The van der Waals surface area contributed by atoms with Gasteiger partial charge < -0.3 is 15.3 Å². The molecule has 1 heterocycles. The zero-order valence-corrected chi connectivity index (χ0v) is 10.5. The number of anilines is 1. The second-order valence-corrected chi connectivity index (χ2v) is 3.91. The Bertz CT molecular complexity index is 434. The minimum atomic E-state index is -1.08. The van der Waals surface area contributed by atoms with Crippen LogP contribution < -0.4 is 10.2 Å². The Hall–Kier alpha value is -2.11. The Kier molecular flexibility index (Phi) is 5.10. The molecule has 18 heavy (non-hydrogen) atoms. The predicted molar refractivity (Wildman–Crippen MR) is 67.8 cm³/mol. The molecule has 1 amide bonds. The van der Waals surface area contributed by atoms with Crippen molar-refractivity contribution in [1.29, 1.82) is 0 Å². The van der Waals surface area contributed by atoms with Gasteiger partial charge in [-0.15, -0.1) is 0 Å². The average molecular weight is 251 g/mol. The van der Waals surface area contributed by atoms with E-state index in [0.29, 0.717) is 12.2 Å². The van der Waals surface area contributed by atoms with Crippen molar-refractivity contribution in [3.8, 4) is 0 Å². The molecule has 2 N–H and O–H groups in total. The van der Waals surface area contributed by atoms with Crippen LogP contribution in [-0.4, -0.2) is 42.1 Å². The maximum atomic E-state index is 11.5. The first-order valence-corrected chi connectivity index (χ1v) is 5.71. The van der Waals surface area contributed by atoms with Crippen molar-refractivity contribution in [1.82, 2.24) is 10.3 Å². The van der Waals surface area contributed by atoms with Gasteiger partial charge in [-0.1, -0.05) is 6.92 Å². The van der Waals surface area contributed by atoms with Gasteiger partial charge in [0.15, 0.2) is 0 Å². The van der Waals surface area contributed by atoms with Crippen LogP contribution in [0.15, 0.2) is 18.3 Å². The van der Waals surface area contributed by atoms with Crippen LogP contribution in [0, 0.1) is 0 Å². The molecule has 0 unspecified atom stereocenters. The van der Waals surface area contributed by atoms with Crippen LogP contribution in [0.4, 0.5) is 5.69 Å². The van der Waals surface area contributed by atoms with E-state index in [1.165, 1.54) is 12.3 Å². The fourth-order valence-corrected chi connectivity index (χ4v) is 1.40. The van der Waals surface area contributed by atoms with E-state index in [1.807, 2.05) is 6.92 Å². The summed E-state index contributed by atoms with van der Waals surface area (Å²) in [5.41, 5.74) is 0.613. The van der Waals surface area contributed by atoms with Gasteiger partial charge in [0.05, 0.1) is 6.54 Å². The Balaban J connectivity index is 2.66. The number of aromatic nitrogens is 1. The number of amides is 1. The SMILES string of the molecule is CCCNC(=O)CN(C)c1ccnc(C(=O)O)c1. The molecule has 0 aliphatic rings. The fourth-order valence-electron chi connectivity index (χ4n) is 1.40. The highest BCUT2D eigenvalue weighted by molar-refractivity contribution is 5.87. The van der Waals surface area contributed by atoms with Gasteiger partial charge >= 0.3 is 5.97 Å². The lowest BCUT2D eigenvalue weighted by Crippen LogP contribution is -2.35. The van der Waals surface area contributed by atoms with Crippen molar-refractivity contribution < 1.29 is 14.7 Å². The van der Waals surface area contributed by atoms with Crippen molar-refractivity contribution in [2.24, 2.45) is 0 Å². The topological polar surface area (TPSA) is 82.5 Å². The maximum Gasteiger partial charge on any atom is 0.354 e. The summed E-state index contributed by atoms with van der Waals surface area (Å²) in [6, 6.07) is 3.11. The van der Waals surface area contributed by atoms with Gasteiger partial charge in [0.25, 0.3) is 0 Å². The molecule has 1 rings (SSSR count). The van der Waals surface area contributed by atoms with E-state index in [1.54, 1.807) is 18.0 Å². The van der Waals surface area contributed by atoms with Gasteiger partial charge in [-0.2, -0.15) is 0 Å². The molecule has 0 aliphatic heterocycles. The van der Waals surface area contributed by atoms with E-state index < -0.39 is 5.97 Å². The Labute approximate surface area is 106 Å². The molecular formula is C12H17N3O3. The zero-order chi connectivity index (χ0) is 13.5. The van der Waals surface area contributed by atoms with Crippen LogP contribution in [0.5, 0.6) is 0 Å². The number of carboxylic acid groups (broad SMARTS) is 1. The van der Waals surface area contributed by atoms with Crippen molar-refractivity contribution in [3.63, 3.8) is 0 Å². The molecule has 98 valence electrons. The van der Waals surface area contributed by atoms with Crippen LogP contribution >= 0.6 is 0 Å². The standard InChI is InChI=1S/C12H17N3O3/c1-3-5-14-11(16)8-15(2)9-4-6-13-10(7-9)12(17)18/h4,6-7H,3,5,8H2,1-2H3,(H,14,16)(H,17,18). The third-order valence-corrected chi connectivity index (χ3v) is 2.36. The van der Waals surface area contributed by atoms with Gasteiger partial charge in [0.2, 0.25) is 5.91 Å². The Morgan fingerprint density at radius 1 is 1.50 bits per heavy atom. The molecule has 6 nitrogen and oxygen atoms in total. The number of hydrogen-bond donors (Lipinski definition) is 2. The van der Waals surface area contributed by atoms with Crippen molar-refractivity contribution in [2.45, 2.75) is 13.3 Å². The van der Waals surface area contributed by atoms with Crippen LogP contribution in [0.3, 0.4) is 0 Å². The molecule has 0 fully saturated rings. The summed E-state index contributed by atoms with van der Waals surface area (Å²) < 4.78 is 0. The molecule has 6 heteroatoms. The van der Waals surface area contributed by atoms with Crippen LogP contribution in [-0.2, 0) is 4.79 Å². The molecule has 0 atom stereocenters. The summed E-state index contributed by atoms with van der Waals surface area (Å²) in [6.07, 6.45) is 2.30. The van der Waals surface area contributed by atoms with E-state index in [4.69, 9.17) is 5.11 Å². The molecular weight excluding hydrogens is 234 g/mol. The second-order valence-electron chi connectivity index (χ2n) is 3.91. The first kappa shape index (κ1) is 14.0. The first-order chi connectivity index (χ1) is 8.54. The van der Waals surface area contributed by atoms with E-state index in [2.05, 4.69) is 10.3 Å². The number of pyridine rings is 1. The summed E-state index contributed by atoms with van der Waals surface area (Å²) in [5, 5.41) is 11.6. The monoisotopic (exact) mass is 251 g/mol. The summed E-state index contributed by atoms with van der Waals surface area (Å²) in [7, 11) is 1.73. The van der Waals surface area contributed by atoms with Gasteiger partial charge in [0, 0.05) is 25.5 Å². The van der Waals surface area contributed by atoms with E-state index >= 15 is 0 Å². The average Bonchev–Trinajstić information content (AvgIpc) is 2.36. The molecule has 0 spiro atoms. The Morgan fingerprint density at radius 3 is 2.83 bits per heavy atom. The summed E-state index contributed by atoms with van der Waals surface area (Å²) in [4.78, 5) is 27.7. The number of hydrogen-bond acceptors (Lipinski definition) is 4. The summed E-state index contributed by atoms with van der Waals surface area (Å²) in [5.74, 6) is -1.17. The third kappa shape index (κ3) is 4.04. The molecule has 1 aromatic heterocycles. The number of nitrogens with zero attached hydrogens (tertiary/aromatic N) is 2. The highest BCUT2D eigenvalue weighted by Crippen LogP contribution is 2.12. The van der Waals surface area contributed by atoms with Gasteiger partial charge in [-0.05, 0) is 18.6 Å². The second kappa shape index (κ2) is 6.58. The molecule has 1 aromatic rings. The largest absolute Gasteiger partial charge is 0.477 e. The molecule has 0 aliphatic carbocycles. The van der Waals surface area contributed by atoms with E-state index in [-0.39, 0.29) is 18.1 Å². The number of aromatic carboxylic acids is 1. The highest BCUT2D eigenvalue weighted by atomic mass is 16.4. The lowest BCUT2D eigenvalue weighted by molar-refractivity contribution is -0.119. The quantitative estimate of drug-likeness (QED) is 0.779. The first-order valence-electron chi connectivity index (χ1n) is 5.71. The number of carbonyl (C=O) groups excluding carboxylic acids is 1. The summed E-state index contributed by atoms with van der Waals surface area (Å²) >= 11 is 0. The lowest BCUT2D eigenvalue weighted by atomic mass is 10.3. The number of nitrogens with one attached hydrogen (secondary N) is 1. The lowest BCUT2D eigenvalue weighted by Gasteiger charge is -2.18. The van der Waals surface area contributed by atoms with Crippen LogP contribution in [0.2, 0.25) is 0 Å². The van der Waals surface area contributed by atoms with Crippen LogP contribution in [0.25, 0.3) is 0 Å². The predicted octanol–water partition coefficient (Wildman–Crippen LogP) is 0.742. The number of rotatable bonds is 6.